The minimum absolute atomic E-state index is 0.00869. The summed E-state index contributed by atoms with van der Waals surface area (Å²) in [5.41, 5.74) is 2.92. The van der Waals surface area contributed by atoms with E-state index in [1.807, 2.05) is 19.1 Å². The molecule has 1 aliphatic rings. The lowest BCUT2D eigenvalue weighted by atomic mass is 9.97. The molecule has 24 heavy (non-hydrogen) atoms. The maximum absolute atomic E-state index is 12.5. The molecule has 126 valence electrons. The van der Waals surface area contributed by atoms with Gasteiger partial charge in [-0.3, -0.25) is 14.2 Å². The molecule has 1 aromatic heterocycles. The summed E-state index contributed by atoms with van der Waals surface area (Å²) in [5, 5.41) is 3.45. The van der Waals surface area contributed by atoms with E-state index in [4.69, 9.17) is 0 Å². The number of nitrogens with one attached hydrogen (secondary N) is 1. The van der Waals surface area contributed by atoms with Crippen LogP contribution in [0.5, 0.6) is 0 Å². The molecule has 1 aromatic carbocycles. The average molecular weight is 325 g/mol. The summed E-state index contributed by atoms with van der Waals surface area (Å²) in [6, 6.07) is 5.51. The third-order valence-electron chi connectivity index (χ3n) is 4.52. The van der Waals surface area contributed by atoms with Crippen LogP contribution in [-0.4, -0.2) is 22.0 Å². The van der Waals surface area contributed by atoms with Crippen molar-refractivity contribution in [1.82, 2.24) is 14.9 Å². The number of aromatic nitrogens is 2. The van der Waals surface area contributed by atoms with E-state index in [-0.39, 0.29) is 18.0 Å². The smallest absolute Gasteiger partial charge is 0.261 e. The molecule has 0 atom stereocenters. The van der Waals surface area contributed by atoms with E-state index in [2.05, 4.69) is 16.4 Å². The van der Waals surface area contributed by atoms with Crippen molar-refractivity contribution in [2.75, 3.05) is 6.54 Å². The molecule has 1 amide bonds. The minimum Gasteiger partial charge on any atom is -0.354 e. The van der Waals surface area contributed by atoms with Gasteiger partial charge in [0.15, 0.2) is 0 Å². The van der Waals surface area contributed by atoms with Crippen molar-refractivity contribution >= 4 is 16.8 Å². The number of rotatable bonds is 5. The van der Waals surface area contributed by atoms with Crippen LogP contribution in [-0.2, 0) is 11.3 Å². The quantitative estimate of drug-likeness (QED) is 0.860. The van der Waals surface area contributed by atoms with E-state index >= 15 is 0 Å². The Hall–Kier alpha value is -2.43. The fourth-order valence-electron chi connectivity index (χ4n) is 3.15. The second kappa shape index (κ2) is 7.43. The summed E-state index contributed by atoms with van der Waals surface area (Å²) < 4.78 is 1.37. The van der Waals surface area contributed by atoms with E-state index < -0.39 is 0 Å². The largest absolute Gasteiger partial charge is 0.354 e. The highest BCUT2D eigenvalue weighted by molar-refractivity contribution is 5.81. The van der Waals surface area contributed by atoms with Crippen molar-refractivity contribution in [3.8, 4) is 0 Å². The Kier molecular flexibility index (Phi) is 5.08. The first-order valence-corrected chi connectivity index (χ1v) is 8.54. The molecular weight excluding hydrogens is 302 g/mol. The van der Waals surface area contributed by atoms with Crippen LogP contribution in [0.3, 0.4) is 0 Å². The van der Waals surface area contributed by atoms with Gasteiger partial charge >= 0.3 is 0 Å². The lowest BCUT2D eigenvalue weighted by molar-refractivity contribution is -0.121. The van der Waals surface area contributed by atoms with Crippen LogP contribution in [0.1, 0.15) is 37.7 Å². The third-order valence-corrected chi connectivity index (χ3v) is 4.52. The molecular formula is C19H23N3O2. The Labute approximate surface area is 141 Å². The van der Waals surface area contributed by atoms with Gasteiger partial charge in [-0.1, -0.05) is 23.8 Å². The summed E-state index contributed by atoms with van der Waals surface area (Å²) in [5.74, 6) is -0.151. The summed E-state index contributed by atoms with van der Waals surface area (Å²) >= 11 is 0. The zero-order chi connectivity index (χ0) is 16.9. The van der Waals surface area contributed by atoms with Gasteiger partial charge in [-0.25, -0.2) is 4.98 Å². The number of benzene rings is 1. The molecule has 0 saturated carbocycles. The number of hydrogen-bond donors (Lipinski definition) is 1. The standard InChI is InChI=1S/C19H23N3O2/c1-14-6-5-9-16-18(14)21-13-22(19(16)24)12-17(23)20-11-10-15-7-3-2-4-8-15/h5-7,9,13H,2-4,8,10-12H2,1H3,(H,20,23). The van der Waals surface area contributed by atoms with Crippen LogP contribution in [0.25, 0.3) is 10.9 Å². The molecule has 0 unspecified atom stereocenters. The van der Waals surface area contributed by atoms with E-state index in [9.17, 15) is 9.59 Å². The molecule has 0 radical (unpaired) electrons. The molecule has 0 fully saturated rings. The highest BCUT2D eigenvalue weighted by Crippen LogP contribution is 2.19. The van der Waals surface area contributed by atoms with Crippen molar-refractivity contribution in [2.45, 2.75) is 45.6 Å². The number of nitrogens with zero attached hydrogens (tertiary/aromatic N) is 2. The van der Waals surface area contributed by atoms with E-state index in [0.29, 0.717) is 17.4 Å². The van der Waals surface area contributed by atoms with E-state index in [1.165, 1.54) is 29.3 Å². The number of amides is 1. The number of para-hydroxylation sites is 1. The van der Waals surface area contributed by atoms with Crippen molar-refractivity contribution in [3.63, 3.8) is 0 Å². The van der Waals surface area contributed by atoms with Crippen LogP contribution < -0.4 is 10.9 Å². The monoisotopic (exact) mass is 325 g/mol. The highest BCUT2D eigenvalue weighted by atomic mass is 16.2. The van der Waals surface area contributed by atoms with Gasteiger partial charge < -0.3 is 5.32 Å². The third kappa shape index (κ3) is 3.72. The predicted octanol–water partition coefficient (Wildman–Crippen LogP) is 2.71. The van der Waals surface area contributed by atoms with Gasteiger partial charge in [-0.05, 0) is 50.7 Å². The molecule has 0 aliphatic heterocycles. The van der Waals surface area contributed by atoms with Crippen LogP contribution in [0.4, 0.5) is 0 Å². The number of hydrogen-bond acceptors (Lipinski definition) is 3. The van der Waals surface area contributed by atoms with Gasteiger partial charge in [0.1, 0.15) is 6.54 Å². The molecule has 5 heteroatoms. The van der Waals surface area contributed by atoms with Crippen molar-refractivity contribution < 1.29 is 4.79 Å². The highest BCUT2D eigenvalue weighted by Gasteiger charge is 2.09. The molecule has 3 rings (SSSR count). The number of fused-ring (bicyclic) bond motifs is 1. The Morgan fingerprint density at radius 2 is 2.21 bits per heavy atom. The molecule has 1 aliphatic carbocycles. The second-order valence-corrected chi connectivity index (χ2v) is 6.36. The fourth-order valence-corrected chi connectivity index (χ4v) is 3.15. The summed E-state index contributed by atoms with van der Waals surface area (Å²) in [6.45, 7) is 2.56. The van der Waals surface area contributed by atoms with Crippen molar-refractivity contribution in [2.24, 2.45) is 0 Å². The van der Waals surface area contributed by atoms with Gasteiger partial charge in [-0.2, -0.15) is 0 Å². The number of aryl methyl sites for hydroxylation is 1. The molecule has 5 nitrogen and oxygen atoms in total. The van der Waals surface area contributed by atoms with Gasteiger partial charge in [0.05, 0.1) is 17.2 Å². The Balaban J connectivity index is 1.62. The number of allylic oxidation sites excluding steroid dienone is 1. The normalized spacial score (nSPS) is 14.5. The van der Waals surface area contributed by atoms with E-state index in [1.54, 1.807) is 6.07 Å². The van der Waals surface area contributed by atoms with Crippen LogP contribution in [0, 0.1) is 6.92 Å². The summed E-state index contributed by atoms with van der Waals surface area (Å²) in [4.78, 5) is 28.9. The summed E-state index contributed by atoms with van der Waals surface area (Å²) in [7, 11) is 0. The molecule has 1 N–H and O–H groups in total. The lowest BCUT2D eigenvalue weighted by Gasteiger charge is -2.13. The Bertz CT molecular complexity index is 836. The van der Waals surface area contributed by atoms with Crippen LogP contribution in [0.15, 0.2) is 41.0 Å². The van der Waals surface area contributed by atoms with E-state index in [0.717, 1.165) is 24.8 Å². The average Bonchev–Trinajstić information content (AvgIpc) is 2.59. The topological polar surface area (TPSA) is 64.0 Å². The van der Waals surface area contributed by atoms with Crippen molar-refractivity contribution in [3.05, 3.63) is 52.1 Å². The first-order chi connectivity index (χ1) is 11.6. The maximum Gasteiger partial charge on any atom is 0.261 e. The number of carbonyl (C=O) groups excluding carboxylic acids is 1. The van der Waals surface area contributed by atoms with Gasteiger partial charge in [0.25, 0.3) is 5.56 Å². The minimum atomic E-state index is -0.172. The van der Waals surface area contributed by atoms with Crippen molar-refractivity contribution in [1.29, 1.82) is 0 Å². The SMILES string of the molecule is Cc1cccc2c(=O)n(CC(=O)NCCC3=CCCCC3)cnc12. The molecule has 2 aromatic rings. The Morgan fingerprint density at radius 1 is 1.33 bits per heavy atom. The zero-order valence-corrected chi connectivity index (χ0v) is 14.0. The lowest BCUT2D eigenvalue weighted by Crippen LogP contribution is -2.33. The first-order valence-electron chi connectivity index (χ1n) is 8.54. The molecule has 1 heterocycles. The van der Waals surface area contributed by atoms with Gasteiger partial charge in [-0.15, -0.1) is 0 Å². The fraction of sp³-hybridized carbons (Fsp3) is 0.421. The zero-order valence-electron chi connectivity index (χ0n) is 14.0. The maximum atomic E-state index is 12.5. The second-order valence-electron chi connectivity index (χ2n) is 6.36. The molecule has 0 saturated heterocycles. The van der Waals surface area contributed by atoms with Crippen LogP contribution >= 0.6 is 0 Å². The molecule has 0 spiro atoms. The Morgan fingerprint density at radius 3 is 3.00 bits per heavy atom. The van der Waals surface area contributed by atoms with Gasteiger partial charge in [0.2, 0.25) is 5.91 Å². The van der Waals surface area contributed by atoms with Crippen LogP contribution in [0.2, 0.25) is 0 Å². The summed E-state index contributed by atoms with van der Waals surface area (Å²) in [6.07, 6.45) is 9.46. The predicted molar refractivity (Wildman–Crippen MR) is 94.9 cm³/mol. The van der Waals surface area contributed by atoms with Gasteiger partial charge in [0, 0.05) is 6.54 Å². The number of carbonyl (C=O) groups is 1. The first kappa shape index (κ1) is 16.4. The molecule has 0 bridgehead atoms.